The molecule has 0 bridgehead atoms. The molecule has 4 heteroatoms. The van der Waals surface area contributed by atoms with Gasteiger partial charge in [-0.1, -0.05) is 13.3 Å². The summed E-state index contributed by atoms with van der Waals surface area (Å²) < 4.78 is 1.47. The third-order valence-electron chi connectivity index (χ3n) is 3.73. The van der Waals surface area contributed by atoms with Crippen molar-refractivity contribution in [3.63, 3.8) is 0 Å². The van der Waals surface area contributed by atoms with Crippen molar-refractivity contribution in [3.8, 4) is 0 Å². The monoisotopic (exact) mass is 248 g/mol. The van der Waals surface area contributed by atoms with Crippen molar-refractivity contribution in [3.05, 3.63) is 34.2 Å². The van der Waals surface area contributed by atoms with Crippen LogP contribution < -0.4 is 5.56 Å². The third-order valence-corrected chi connectivity index (χ3v) is 3.73. The predicted octanol–water partition coefficient (Wildman–Crippen LogP) is 1.65. The van der Waals surface area contributed by atoms with Crippen molar-refractivity contribution in [2.75, 3.05) is 13.1 Å². The summed E-state index contributed by atoms with van der Waals surface area (Å²) in [7, 11) is 1.69. The summed E-state index contributed by atoms with van der Waals surface area (Å²) in [5, 5.41) is 0. The van der Waals surface area contributed by atoms with Crippen LogP contribution in [0.2, 0.25) is 0 Å². The number of hydrogen-bond donors (Lipinski definition) is 0. The summed E-state index contributed by atoms with van der Waals surface area (Å²) in [6.07, 6.45) is 5.03. The van der Waals surface area contributed by atoms with E-state index in [0.29, 0.717) is 11.5 Å². The lowest BCUT2D eigenvalue weighted by Crippen LogP contribution is -2.40. The number of amides is 1. The fourth-order valence-electron chi connectivity index (χ4n) is 2.45. The smallest absolute Gasteiger partial charge is 0.254 e. The molecule has 1 aromatic heterocycles. The zero-order chi connectivity index (χ0) is 13.1. The van der Waals surface area contributed by atoms with E-state index in [1.54, 1.807) is 19.3 Å². The summed E-state index contributed by atoms with van der Waals surface area (Å²) in [5.41, 5.74) is 0.375. The molecule has 1 unspecified atom stereocenters. The first-order valence-corrected chi connectivity index (χ1v) is 6.57. The van der Waals surface area contributed by atoms with Crippen LogP contribution in [0.4, 0.5) is 0 Å². The molecule has 1 fully saturated rings. The van der Waals surface area contributed by atoms with Crippen LogP contribution in [0.1, 0.15) is 36.5 Å². The standard InChI is InChI=1S/C14H20N2O2/c1-3-11-5-4-7-16(10-11)14(18)12-6-8-15(2)13(17)9-12/h6,8-9,11H,3-5,7,10H2,1-2H3. The Hall–Kier alpha value is -1.58. The van der Waals surface area contributed by atoms with E-state index in [2.05, 4.69) is 6.92 Å². The quantitative estimate of drug-likeness (QED) is 0.798. The summed E-state index contributed by atoms with van der Waals surface area (Å²) in [6.45, 7) is 3.80. The zero-order valence-corrected chi connectivity index (χ0v) is 11.1. The van der Waals surface area contributed by atoms with Gasteiger partial charge in [0.1, 0.15) is 0 Å². The molecule has 1 aromatic rings. The molecule has 0 N–H and O–H groups in total. The van der Waals surface area contributed by atoms with Gasteiger partial charge >= 0.3 is 0 Å². The fourth-order valence-corrected chi connectivity index (χ4v) is 2.45. The maximum atomic E-state index is 12.3. The summed E-state index contributed by atoms with van der Waals surface area (Å²) in [5.74, 6) is 0.597. The molecule has 98 valence electrons. The SMILES string of the molecule is CCC1CCCN(C(=O)c2ccn(C)c(=O)c2)C1. The molecule has 4 nitrogen and oxygen atoms in total. The highest BCUT2D eigenvalue weighted by Crippen LogP contribution is 2.20. The van der Waals surface area contributed by atoms with Gasteiger partial charge in [0.05, 0.1) is 0 Å². The van der Waals surface area contributed by atoms with Crippen molar-refractivity contribution in [1.82, 2.24) is 9.47 Å². The highest BCUT2D eigenvalue weighted by molar-refractivity contribution is 5.94. The number of aryl methyl sites for hydroxylation is 1. The Balaban J connectivity index is 2.15. The van der Waals surface area contributed by atoms with Gasteiger partial charge in [-0.25, -0.2) is 0 Å². The molecule has 0 saturated carbocycles. The lowest BCUT2D eigenvalue weighted by Gasteiger charge is -2.32. The van der Waals surface area contributed by atoms with Crippen molar-refractivity contribution in [2.45, 2.75) is 26.2 Å². The molecule has 1 saturated heterocycles. The Morgan fingerprint density at radius 3 is 2.94 bits per heavy atom. The van der Waals surface area contributed by atoms with Crippen LogP contribution in [-0.2, 0) is 7.05 Å². The Kier molecular flexibility index (Phi) is 3.84. The third kappa shape index (κ3) is 2.63. The molecular weight excluding hydrogens is 228 g/mol. The molecule has 0 spiro atoms. The minimum Gasteiger partial charge on any atom is -0.338 e. The van der Waals surface area contributed by atoms with Crippen molar-refractivity contribution < 1.29 is 4.79 Å². The van der Waals surface area contributed by atoms with Gasteiger partial charge in [-0.3, -0.25) is 9.59 Å². The second-order valence-corrected chi connectivity index (χ2v) is 5.03. The minimum absolute atomic E-state index is 0.00847. The molecule has 0 aromatic carbocycles. The maximum Gasteiger partial charge on any atom is 0.254 e. The average molecular weight is 248 g/mol. The number of hydrogen-bond acceptors (Lipinski definition) is 2. The normalized spacial score (nSPS) is 19.9. The van der Waals surface area contributed by atoms with Crippen LogP contribution >= 0.6 is 0 Å². The van der Waals surface area contributed by atoms with Crippen LogP contribution in [0.15, 0.2) is 23.1 Å². The van der Waals surface area contributed by atoms with Gasteiger partial charge in [-0.05, 0) is 24.8 Å². The molecule has 2 heterocycles. The first-order chi connectivity index (χ1) is 8.61. The van der Waals surface area contributed by atoms with E-state index in [1.807, 2.05) is 4.90 Å². The summed E-state index contributed by atoms with van der Waals surface area (Å²) >= 11 is 0. The predicted molar refractivity (Wildman–Crippen MR) is 70.6 cm³/mol. The highest BCUT2D eigenvalue weighted by Gasteiger charge is 2.23. The van der Waals surface area contributed by atoms with E-state index in [0.717, 1.165) is 25.9 Å². The molecule has 18 heavy (non-hydrogen) atoms. The number of carbonyl (C=O) groups is 1. The number of aromatic nitrogens is 1. The van der Waals surface area contributed by atoms with Gasteiger partial charge < -0.3 is 9.47 Å². The molecule has 1 aliphatic rings. The van der Waals surface area contributed by atoms with E-state index >= 15 is 0 Å². The molecule has 0 aliphatic carbocycles. The molecule has 1 atom stereocenters. The van der Waals surface area contributed by atoms with E-state index < -0.39 is 0 Å². The average Bonchev–Trinajstić information content (AvgIpc) is 2.41. The second kappa shape index (κ2) is 5.38. The van der Waals surface area contributed by atoms with Crippen LogP contribution in [0.3, 0.4) is 0 Å². The molecule has 2 rings (SSSR count). The van der Waals surface area contributed by atoms with Crippen LogP contribution in [-0.4, -0.2) is 28.5 Å². The van der Waals surface area contributed by atoms with Gasteiger partial charge in [0.25, 0.3) is 11.5 Å². The Morgan fingerprint density at radius 2 is 2.28 bits per heavy atom. The summed E-state index contributed by atoms with van der Waals surface area (Å²) in [4.78, 5) is 25.7. The first-order valence-electron chi connectivity index (χ1n) is 6.57. The number of carbonyl (C=O) groups excluding carboxylic acids is 1. The number of pyridine rings is 1. The van der Waals surface area contributed by atoms with E-state index in [1.165, 1.54) is 17.1 Å². The molecule has 0 radical (unpaired) electrons. The largest absolute Gasteiger partial charge is 0.338 e. The van der Waals surface area contributed by atoms with Crippen molar-refractivity contribution >= 4 is 5.91 Å². The van der Waals surface area contributed by atoms with Crippen molar-refractivity contribution in [1.29, 1.82) is 0 Å². The lowest BCUT2D eigenvalue weighted by molar-refractivity contribution is 0.0671. The Labute approximate surface area is 107 Å². The van der Waals surface area contributed by atoms with E-state index in [-0.39, 0.29) is 11.5 Å². The molecular formula is C14H20N2O2. The fraction of sp³-hybridized carbons (Fsp3) is 0.571. The Morgan fingerprint density at radius 1 is 1.50 bits per heavy atom. The van der Waals surface area contributed by atoms with Gasteiger partial charge in [-0.2, -0.15) is 0 Å². The number of nitrogens with zero attached hydrogens (tertiary/aromatic N) is 2. The zero-order valence-electron chi connectivity index (χ0n) is 11.1. The van der Waals surface area contributed by atoms with Crippen LogP contribution in [0.25, 0.3) is 0 Å². The number of rotatable bonds is 2. The summed E-state index contributed by atoms with van der Waals surface area (Å²) in [6, 6.07) is 3.15. The van der Waals surface area contributed by atoms with Gasteiger partial charge in [0.15, 0.2) is 0 Å². The maximum absolute atomic E-state index is 12.3. The van der Waals surface area contributed by atoms with Gasteiger partial charge in [0, 0.05) is 38.0 Å². The topological polar surface area (TPSA) is 42.3 Å². The van der Waals surface area contributed by atoms with Gasteiger partial charge in [-0.15, -0.1) is 0 Å². The van der Waals surface area contributed by atoms with E-state index in [4.69, 9.17) is 0 Å². The second-order valence-electron chi connectivity index (χ2n) is 5.03. The molecule has 1 amide bonds. The Bertz CT molecular complexity index is 493. The molecule has 1 aliphatic heterocycles. The van der Waals surface area contributed by atoms with Crippen molar-refractivity contribution in [2.24, 2.45) is 13.0 Å². The number of piperidine rings is 1. The minimum atomic E-state index is -0.134. The van der Waals surface area contributed by atoms with Crippen LogP contribution in [0, 0.1) is 5.92 Å². The highest BCUT2D eigenvalue weighted by atomic mass is 16.2. The van der Waals surface area contributed by atoms with E-state index in [9.17, 15) is 9.59 Å². The number of likely N-dealkylation sites (tertiary alicyclic amines) is 1. The lowest BCUT2D eigenvalue weighted by atomic mass is 9.95. The first kappa shape index (κ1) is 12.9. The van der Waals surface area contributed by atoms with Crippen LogP contribution in [0.5, 0.6) is 0 Å². The van der Waals surface area contributed by atoms with Gasteiger partial charge in [0.2, 0.25) is 0 Å².